The minimum Gasteiger partial charge on any atom is -0.339 e. The highest BCUT2D eigenvalue weighted by Crippen LogP contribution is 2.09. The summed E-state index contributed by atoms with van der Waals surface area (Å²) in [6.45, 7) is 4.01. The van der Waals surface area contributed by atoms with Gasteiger partial charge in [-0.25, -0.2) is 4.39 Å². The highest BCUT2D eigenvalue weighted by atomic mass is 19.1. The van der Waals surface area contributed by atoms with Crippen molar-refractivity contribution in [3.05, 3.63) is 35.6 Å². The van der Waals surface area contributed by atoms with E-state index in [-0.39, 0.29) is 17.8 Å². The molecule has 0 aliphatic carbocycles. The molecule has 1 aromatic carbocycles. The fraction of sp³-hybridized carbons (Fsp3) is 0.417. The van der Waals surface area contributed by atoms with E-state index in [1.165, 1.54) is 24.3 Å². The molecule has 0 spiro atoms. The van der Waals surface area contributed by atoms with Crippen molar-refractivity contribution in [2.45, 2.75) is 26.3 Å². The average Bonchev–Trinajstić information content (AvgIpc) is 2.27. The lowest BCUT2D eigenvalue weighted by molar-refractivity contribution is 0.0740. The largest absolute Gasteiger partial charge is 0.339 e. The van der Waals surface area contributed by atoms with Crippen LogP contribution in [0.4, 0.5) is 4.39 Å². The van der Waals surface area contributed by atoms with Crippen molar-refractivity contribution in [2.24, 2.45) is 0 Å². The molecule has 0 bridgehead atoms. The van der Waals surface area contributed by atoms with Gasteiger partial charge < -0.3 is 4.90 Å². The third-order valence-corrected chi connectivity index (χ3v) is 2.66. The Hall–Kier alpha value is -1.38. The van der Waals surface area contributed by atoms with Crippen LogP contribution in [0.2, 0.25) is 0 Å². The summed E-state index contributed by atoms with van der Waals surface area (Å²) in [6.07, 6.45) is 0.906. The Balaban J connectivity index is 2.80. The standard InChI is InChI=1S/C12H16FNO/c1-4-9(2)14(3)12(15)10-5-7-11(13)8-6-10/h5-9H,4H2,1-3H3. The first-order chi connectivity index (χ1) is 7.06. The molecule has 0 heterocycles. The smallest absolute Gasteiger partial charge is 0.253 e. The molecule has 0 saturated heterocycles. The summed E-state index contributed by atoms with van der Waals surface area (Å²) < 4.78 is 12.7. The zero-order chi connectivity index (χ0) is 11.4. The molecule has 0 radical (unpaired) electrons. The summed E-state index contributed by atoms with van der Waals surface area (Å²) in [5.41, 5.74) is 0.527. The SMILES string of the molecule is CCC(C)N(C)C(=O)c1ccc(F)cc1. The summed E-state index contributed by atoms with van der Waals surface area (Å²) in [7, 11) is 1.76. The van der Waals surface area contributed by atoms with Crippen molar-refractivity contribution in [2.75, 3.05) is 7.05 Å². The zero-order valence-corrected chi connectivity index (χ0v) is 9.33. The van der Waals surface area contributed by atoms with Gasteiger partial charge in [-0.1, -0.05) is 6.92 Å². The van der Waals surface area contributed by atoms with Gasteiger partial charge in [0.25, 0.3) is 5.91 Å². The Morgan fingerprint density at radius 3 is 2.40 bits per heavy atom. The van der Waals surface area contributed by atoms with Crippen LogP contribution in [0, 0.1) is 5.82 Å². The number of hydrogen-bond acceptors (Lipinski definition) is 1. The third kappa shape index (κ3) is 2.78. The number of benzene rings is 1. The molecule has 0 aromatic heterocycles. The summed E-state index contributed by atoms with van der Waals surface area (Å²) >= 11 is 0. The van der Waals surface area contributed by atoms with Gasteiger partial charge in [-0.05, 0) is 37.6 Å². The van der Waals surface area contributed by atoms with Crippen LogP contribution in [0.15, 0.2) is 24.3 Å². The number of carbonyl (C=O) groups excluding carboxylic acids is 1. The van der Waals surface area contributed by atoms with Gasteiger partial charge in [-0.2, -0.15) is 0 Å². The van der Waals surface area contributed by atoms with E-state index >= 15 is 0 Å². The predicted octanol–water partition coefficient (Wildman–Crippen LogP) is 2.70. The lowest BCUT2D eigenvalue weighted by Crippen LogP contribution is -2.34. The topological polar surface area (TPSA) is 20.3 Å². The van der Waals surface area contributed by atoms with Crippen molar-refractivity contribution >= 4 is 5.91 Å². The van der Waals surface area contributed by atoms with Gasteiger partial charge in [0.1, 0.15) is 5.82 Å². The van der Waals surface area contributed by atoms with Crippen LogP contribution in [0.3, 0.4) is 0 Å². The minimum atomic E-state index is -0.322. The van der Waals surface area contributed by atoms with Crippen molar-refractivity contribution in [3.63, 3.8) is 0 Å². The molecule has 3 heteroatoms. The van der Waals surface area contributed by atoms with Gasteiger partial charge in [0.15, 0.2) is 0 Å². The van der Waals surface area contributed by atoms with Gasteiger partial charge in [0, 0.05) is 18.7 Å². The number of amides is 1. The van der Waals surface area contributed by atoms with E-state index in [4.69, 9.17) is 0 Å². The summed E-state index contributed by atoms with van der Waals surface area (Å²) in [4.78, 5) is 13.5. The Morgan fingerprint density at radius 1 is 1.40 bits per heavy atom. The highest BCUT2D eigenvalue weighted by molar-refractivity contribution is 5.94. The van der Waals surface area contributed by atoms with Gasteiger partial charge in [-0.15, -0.1) is 0 Å². The average molecular weight is 209 g/mol. The van der Waals surface area contributed by atoms with Gasteiger partial charge in [0.05, 0.1) is 0 Å². The molecule has 0 aliphatic heterocycles. The van der Waals surface area contributed by atoms with Crippen LogP contribution in [0.25, 0.3) is 0 Å². The first-order valence-corrected chi connectivity index (χ1v) is 5.09. The second-order valence-electron chi connectivity index (χ2n) is 3.68. The fourth-order valence-electron chi connectivity index (χ4n) is 1.27. The summed E-state index contributed by atoms with van der Waals surface area (Å²) in [6, 6.07) is 5.82. The molecule has 1 aromatic rings. The Bertz CT molecular complexity index is 334. The van der Waals surface area contributed by atoms with Gasteiger partial charge in [-0.3, -0.25) is 4.79 Å². The van der Waals surface area contributed by atoms with Crippen molar-refractivity contribution in [1.82, 2.24) is 4.90 Å². The van der Waals surface area contributed by atoms with E-state index in [9.17, 15) is 9.18 Å². The second-order valence-corrected chi connectivity index (χ2v) is 3.68. The Morgan fingerprint density at radius 2 is 1.93 bits per heavy atom. The van der Waals surface area contributed by atoms with Crippen LogP contribution in [0.5, 0.6) is 0 Å². The maximum absolute atomic E-state index is 12.7. The predicted molar refractivity (Wildman–Crippen MR) is 58.2 cm³/mol. The number of hydrogen-bond donors (Lipinski definition) is 0. The van der Waals surface area contributed by atoms with Crippen LogP contribution >= 0.6 is 0 Å². The molecule has 0 aliphatic rings. The molecule has 15 heavy (non-hydrogen) atoms. The number of carbonyl (C=O) groups is 1. The molecule has 82 valence electrons. The molecule has 1 atom stereocenters. The maximum atomic E-state index is 12.7. The van der Waals surface area contributed by atoms with E-state index in [0.717, 1.165) is 6.42 Å². The van der Waals surface area contributed by atoms with Crippen LogP contribution in [0.1, 0.15) is 30.6 Å². The lowest BCUT2D eigenvalue weighted by atomic mass is 10.1. The Labute approximate surface area is 89.7 Å². The lowest BCUT2D eigenvalue weighted by Gasteiger charge is -2.23. The Kier molecular flexibility index (Phi) is 3.83. The number of rotatable bonds is 3. The van der Waals surface area contributed by atoms with Gasteiger partial charge in [0.2, 0.25) is 0 Å². The molecule has 1 rings (SSSR count). The zero-order valence-electron chi connectivity index (χ0n) is 9.33. The van der Waals surface area contributed by atoms with E-state index in [2.05, 4.69) is 0 Å². The molecule has 1 unspecified atom stereocenters. The normalized spacial score (nSPS) is 12.3. The second kappa shape index (κ2) is 4.91. The van der Waals surface area contributed by atoms with Crippen molar-refractivity contribution in [3.8, 4) is 0 Å². The molecule has 0 fully saturated rings. The molecule has 0 N–H and O–H groups in total. The van der Waals surface area contributed by atoms with Crippen molar-refractivity contribution < 1.29 is 9.18 Å². The molecular weight excluding hydrogens is 193 g/mol. The summed E-state index contributed by atoms with van der Waals surface area (Å²) in [5, 5.41) is 0. The molecular formula is C12H16FNO. The molecule has 0 saturated carbocycles. The monoisotopic (exact) mass is 209 g/mol. The van der Waals surface area contributed by atoms with E-state index in [0.29, 0.717) is 5.56 Å². The first-order valence-electron chi connectivity index (χ1n) is 5.09. The minimum absolute atomic E-state index is 0.0654. The quantitative estimate of drug-likeness (QED) is 0.749. The third-order valence-electron chi connectivity index (χ3n) is 2.66. The van der Waals surface area contributed by atoms with E-state index in [1.807, 2.05) is 13.8 Å². The number of nitrogens with zero attached hydrogens (tertiary/aromatic N) is 1. The van der Waals surface area contributed by atoms with Crippen LogP contribution < -0.4 is 0 Å². The van der Waals surface area contributed by atoms with Gasteiger partial charge >= 0.3 is 0 Å². The molecule has 2 nitrogen and oxygen atoms in total. The van der Waals surface area contributed by atoms with Crippen molar-refractivity contribution in [1.29, 1.82) is 0 Å². The fourth-order valence-corrected chi connectivity index (χ4v) is 1.27. The highest BCUT2D eigenvalue weighted by Gasteiger charge is 2.15. The van der Waals surface area contributed by atoms with E-state index in [1.54, 1.807) is 11.9 Å². The molecule has 1 amide bonds. The van der Waals surface area contributed by atoms with Crippen LogP contribution in [-0.4, -0.2) is 23.9 Å². The maximum Gasteiger partial charge on any atom is 0.253 e. The summed E-state index contributed by atoms with van der Waals surface area (Å²) in [5.74, 6) is -0.387. The van der Waals surface area contributed by atoms with E-state index < -0.39 is 0 Å². The number of halogens is 1. The first kappa shape index (κ1) is 11.7. The van der Waals surface area contributed by atoms with Crippen LogP contribution in [-0.2, 0) is 0 Å².